The number of hydrogen-bond acceptors (Lipinski definition) is 5. The van der Waals surface area contributed by atoms with Crippen LogP contribution in [0.25, 0.3) is 10.4 Å². The quantitative estimate of drug-likeness (QED) is 0.869. The minimum absolute atomic E-state index is 0.00658. The van der Waals surface area contributed by atoms with Crippen molar-refractivity contribution in [3.05, 3.63) is 17.3 Å². The molecule has 1 saturated carbocycles. The van der Waals surface area contributed by atoms with E-state index in [1.165, 1.54) is 11.3 Å². The first kappa shape index (κ1) is 14.0. The second-order valence-corrected chi connectivity index (χ2v) is 7.43. The summed E-state index contributed by atoms with van der Waals surface area (Å²) in [6.07, 6.45) is 6.59. The zero-order valence-corrected chi connectivity index (χ0v) is 13.7. The highest BCUT2D eigenvalue weighted by Crippen LogP contribution is 2.50. The van der Waals surface area contributed by atoms with Gasteiger partial charge >= 0.3 is 0 Å². The fourth-order valence-corrected chi connectivity index (χ4v) is 4.74. The number of rotatable bonds is 2. The third-order valence-electron chi connectivity index (χ3n) is 5.08. The van der Waals surface area contributed by atoms with Crippen molar-refractivity contribution in [1.82, 2.24) is 15.5 Å². The van der Waals surface area contributed by atoms with Crippen molar-refractivity contribution in [1.29, 1.82) is 0 Å². The predicted molar refractivity (Wildman–Crippen MR) is 88.3 cm³/mol. The summed E-state index contributed by atoms with van der Waals surface area (Å²) in [7, 11) is 0. The monoisotopic (exact) mass is 344 g/mol. The van der Waals surface area contributed by atoms with Gasteiger partial charge in [0.2, 0.25) is 5.91 Å². The first-order valence-electron chi connectivity index (χ1n) is 8.15. The van der Waals surface area contributed by atoms with Crippen LogP contribution in [0.4, 0.5) is 5.69 Å². The van der Waals surface area contributed by atoms with Gasteiger partial charge in [-0.25, -0.2) is 0 Å². The number of carbonyl (C=O) groups excluding carboxylic acids is 2. The summed E-state index contributed by atoms with van der Waals surface area (Å²) in [6, 6.07) is -0.408. The van der Waals surface area contributed by atoms with Gasteiger partial charge < -0.3 is 15.0 Å². The van der Waals surface area contributed by atoms with Crippen molar-refractivity contribution in [2.24, 2.45) is 5.92 Å². The first-order chi connectivity index (χ1) is 11.7. The van der Waals surface area contributed by atoms with Gasteiger partial charge in [-0.15, -0.1) is 11.3 Å². The molecule has 2 amide bonds. The zero-order valence-electron chi connectivity index (χ0n) is 12.9. The normalized spacial score (nSPS) is 23.2. The zero-order chi connectivity index (χ0) is 16.3. The number of nitrogens with zero attached hydrogens (tertiary/aromatic N) is 2. The SMILES string of the molecule is O=C1NC(C2CCC2)C(=O)N2CCOc3c(-c4cn[nH]c4)sc1c32. The number of H-pyrrole nitrogens is 1. The molecule has 0 spiro atoms. The summed E-state index contributed by atoms with van der Waals surface area (Å²) in [5.74, 6) is 0.702. The number of amides is 2. The number of anilines is 1. The van der Waals surface area contributed by atoms with Crippen molar-refractivity contribution >= 4 is 28.8 Å². The van der Waals surface area contributed by atoms with E-state index in [1.807, 2.05) is 0 Å². The molecule has 2 aromatic heterocycles. The third kappa shape index (κ3) is 1.86. The fourth-order valence-electron chi connectivity index (χ4n) is 3.61. The van der Waals surface area contributed by atoms with Crippen LogP contribution in [0.5, 0.6) is 5.75 Å². The van der Waals surface area contributed by atoms with Gasteiger partial charge in [0, 0.05) is 11.8 Å². The summed E-state index contributed by atoms with van der Waals surface area (Å²) in [6.45, 7) is 0.921. The van der Waals surface area contributed by atoms with Crippen molar-refractivity contribution in [2.75, 3.05) is 18.1 Å². The molecule has 1 fully saturated rings. The van der Waals surface area contributed by atoms with Crippen LogP contribution in [0.15, 0.2) is 12.4 Å². The van der Waals surface area contributed by atoms with E-state index in [1.54, 1.807) is 17.3 Å². The highest BCUT2D eigenvalue weighted by Gasteiger charge is 2.44. The minimum atomic E-state index is -0.408. The number of aromatic amines is 1. The molecule has 1 atom stereocenters. The van der Waals surface area contributed by atoms with E-state index in [-0.39, 0.29) is 17.7 Å². The van der Waals surface area contributed by atoms with Crippen molar-refractivity contribution in [2.45, 2.75) is 25.3 Å². The molecular weight excluding hydrogens is 328 g/mol. The van der Waals surface area contributed by atoms with Crippen LogP contribution in [0.3, 0.4) is 0 Å². The molecular formula is C16H16N4O3S. The molecule has 1 unspecified atom stereocenters. The van der Waals surface area contributed by atoms with E-state index in [0.717, 1.165) is 29.7 Å². The van der Waals surface area contributed by atoms with Gasteiger partial charge in [-0.2, -0.15) is 5.10 Å². The molecule has 2 aliphatic heterocycles. The molecule has 2 aromatic rings. The Kier molecular flexibility index (Phi) is 2.97. The van der Waals surface area contributed by atoms with Gasteiger partial charge in [-0.3, -0.25) is 14.7 Å². The number of ether oxygens (including phenoxy) is 1. The average molecular weight is 344 g/mol. The average Bonchev–Trinajstić information content (AvgIpc) is 3.16. The molecule has 0 bridgehead atoms. The van der Waals surface area contributed by atoms with Gasteiger partial charge in [-0.1, -0.05) is 6.42 Å². The first-order valence-corrected chi connectivity index (χ1v) is 8.96. The predicted octanol–water partition coefficient (Wildman–Crippen LogP) is 1.78. The van der Waals surface area contributed by atoms with Crippen molar-refractivity contribution in [3.63, 3.8) is 0 Å². The Bertz CT molecular complexity index is 825. The second-order valence-electron chi connectivity index (χ2n) is 6.41. The van der Waals surface area contributed by atoms with Gasteiger partial charge in [0.05, 0.1) is 17.6 Å². The molecule has 8 heteroatoms. The minimum Gasteiger partial charge on any atom is -0.488 e. The molecule has 7 nitrogen and oxygen atoms in total. The van der Waals surface area contributed by atoms with Gasteiger partial charge in [0.15, 0.2) is 5.75 Å². The topological polar surface area (TPSA) is 87.3 Å². The van der Waals surface area contributed by atoms with Gasteiger partial charge in [-0.05, 0) is 18.8 Å². The van der Waals surface area contributed by atoms with Crippen LogP contribution in [0.2, 0.25) is 0 Å². The Hall–Kier alpha value is -2.35. The standard InChI is InChI=1S/C16H16N4O3S/c21-15-14-11-12(13(24-14)9-6-17-18-7-9)23-5-4-20(11)16(22)10(19-15)8-2-1-3-8/h6-8,10H,1-5H2,(H,17,18)(H,19,21). The molecule has 3 aliphatic rings. The molecule has 4 heterocycles. The summed E-state index contributed by atoms with van der Waals surface area (Å²) in [5, 5.41) is 9.71. The summed E-state index contributed by atoms with van der Waals surface area (Å²) in [4.78, 5) is 28.9. The number of thiophene rings is 1. The lowest BCUT2D eigenvalue weighted by Gasteiger charge is -2.35. The maximum Gasteiger partial charge on any atom is 0.264 e. The van der Waals surface area contributed by atoms with Crippen LogP contribution in [-0.4, -0.2) is 41.2 Å². The van der Waals surface area contributed by atoms with Crippen LogP contribution < -0.4 is 15.0 Å². The van der Waals surface area contributed by atoms with Crippen LogP contribution >= 0.6 is 11.3 Å². The van der Waals surface area contributed by atoms with E-state index < -0.39 is 6.04 Å². The van der Waals surface area contributed by atoms with Gasteiger partial charge in [0.1, 0.15) is 23.2 Å². The molecule has 2 N–H and O–H groups in total. The van der Waals surface area contributed by atoms with Crippen LogP contribution in [0.1, 0.15) is 28.9 Å². The Labute approximate surface area is 142 Å². The molecule has 0 radical (unpaired) electrons. The van der Waals surface area contributed by atoms with Crippen molar-refractivity contribution < 1.29 is 14.3 Å². The number of nitrogens with one attached hydrogen (secondary N) is 2. The van der Waals surface area contributed by atoms with E-state index in [2.05, 4.69) is 15.5 Å². The summed E-state index contributed by atoms with van der Waals surface area (Å²) < 4.78 is 5.85. The van der Waals surface area contributed by atoms with Crippen LogP contribution in [0, 0.1) is 5.92 Å². The third-order valence-corrected chi connectivity index (χ3v) is 6.29. The smallest absolute Gasteiger partial charge is 0.264 e. The van der Waals surface area contributed by atoms with E-state index in [4.69, 9.17) is 4.74 Å². The Morgan fingerprint density at radius 3 is 2.88 bits per heavy atom. The summed E-state index contributed by atoms with van der Waals surface area (Å²) >= 11 is 1.36. The fraction of sp³-hybridized carbons (Fsp3) is 0.438. The largest absolute Gasteiger partial charge is 0.488 e. The molecule has 24 heavy (non-hydrogen) atoms. The van der Waals surface area contributed by atoms with Crippen molar-refractivity contribution in [3.8, 4) is 16.2 Å². The Morgan fingerprint density at radius 1 is 1.29 bits per heavy atom. The number of aromatic nitrogens is 2. The van der Waals surface area contributed by atoms with E-state index in [0.29, 0.717) is 29.5 Å². The highest BCUT2D eigenvalue weighted by molar-refractivity contribution is 7.18. The lowest BCUT2D eigenvalue weighted by Crippen LogP contribution is -2.53. The molecule has 1 aliphatic carbocycles. The molecule has 0 saturated heterocycles. The maximum absolute atomic E-state index is 13.0. The molecule has 0 aromatic carbocycles. The Morgan fingerprint density at radius 2 is 2.17 bits per heavy atom. The van der Waals surface area contributed by atoms with Crippen LogP contribution in [-0.2, 0) is 4.79 Å². The van der Waals surface area contributed by atoms with E-state index >= 15 is 0 Å². The van der Waals surface area contributed by atoms with E-state index in [9.17, 15) is 9.59 Å². The maximum atomic E-state index is 13.0. The lowest BCUT2D eigenvalue weighted by molar-refractivity contribution is -0.122. The second kappa shape index (κ2) is 5.07. The molecule has 5 rings (SSSR count). The Balaban J connectivity index is 1.64. The lowest BCUT2D eigenvalue weighted by atomic mass is 9.79. The summed E-state index contributed by atoms with van der Waals surface area (Å²) in [5.41, 5.74) is 1.49. The molecule has 124 valence electrons. The number of carbonyl (C=O) groups is 2. The van der Waals surface area contributed by atoms with Gasteiger partial charge in [0.25, 0.3) is 5.91 Å². The number of hydrogen-bond donors (Lipinski definition) is 2. The highest BCUT2D eigenvalue weighted by atomic mass is 32.1.